The maximum atomic E-state index is 11.6. The third-order valence-corrected chi connectivity index (χ3v) is 3.43. The molecule has 0 aliphatic heterocycles. The quantitative estimate of drug-likeness (QED) is 0.478. The number of carbonyl (C=O) groups is 2. The Bertz CT molecular complexity index is 543. The van der Waals surface area contributed by atoms with Gasteiger partial charge in [0.15, 0.2) is 6.61 Å². The summed E-state index contributed by atoms with van der Waals surface area (Å²) in [4.78, 5) is 23.0. The first-order valence-electron chi connectivity index (χ1n) is 7.57. The standard InChI is InChI=1S/C17H21NO4/c19-16(18-11-10-14-5-2-1-3-6-14)13-22-17(20)9-8-15-7-4-12-21-15/h4-5,7-9,12H,1-3,6,10-11,13H2,(H,18,19). The van der Waals surface area contributed by atoms with Crippen LogP contribution in [0.15, 0.2) is 40.5 Å². The van der Waals surface area contributed by atoms with E-state index in [4.69, 9.17) is 9.15 Å². The van der Waals surface area contributed by atoms with E-state index in [1.54, 1.807) is 12.1 Å². The van der Waals surface area contributed by atoms with Gasteiger partial charge >= 0.3 is 5.97 Å². The zero-order valence-corrected chi connectivity index (χ0v) is 12.5. The van der Waals surface area contributed by atoms with Crippen molar-refractivity contribution in [1.82, 2.24) is 5.32 Å². The van der Waals surface area contributed by atoms with Crippen molar-refractivity contribution in [3.8, 4) is 0 Å². The molecule has 0 aromatic carbocycles. The Kier molecular flexibility index (Phi) is 6.48. The van der Waals surface area contributed by atoms with Gasteiger partial charge in [-0.3, -0.25) is 4.79 Å². The lowest BCUT2D eigenvalue weighted by Gasteiger charge is -2.12. The predicted molar refractivity (Wildman–Crippen MR) is 82.9 cm³/mol. The highest BCUT2D eigenvalue weighted by Crippen LogP contribution is 2.19. The van der Waals surface area contributed by atoms with Crippen LogP contribution in [0.25, 0.3) is 6.08 Å². The van der Waals surface area contributed by atoms with Crippen LogP contribution in [0.4, 0.5) is 0 Å². The number of carbonyl (C=O) groups excluding carboxylic acids is 2. The van der Waals surface area contributed by atoms with Crippen LogP contribution in [0.2, 0.25) is 0 Å². The molecule has 2 rings (SSSR count). The Hall–Kier alpha value is -2.30. The molecule has 1 amide bonds. The SMILES string of the molecule is O=C(COC(=O)C=Cc1ccco1)NCCC1=CCCCC1. The number of ether oxygens (including phenoxy) is 1. The predicted octanol–water partition coefficient (Wildman–Crippen LogP) is 2.84. The minimum atomic E-state index is -0.568. The molecule has 1 N–H and O–H groups in total. The molecule has 22 heavy (non-hydrogen) atoms. The van der Waals surface area contributed by atoms with Gasteiger partial charge in [-0.05, 0) is 50.3 Å². The number of rotatable bonds is 7. The summed E-state index contributed by atoms with van der Waals surface area (Å²) in [6.45, 7) is 0.324. The molecule has 5 nitrogen and oxygen atoms in total. The van der Waals surface area contributed by atoms with Gasteiger partial charge < -0.3 is 14.5 Å². The lowest BCUT2D eigenvalue weighted by Crippen LogP contribution is -2.29. The van der Waals surface area contributed by atoms with Gasteiger partial charge in [0.1, 0.15) is 5.76 Å². The Morgan fingerprint density at radius 2 is 2.27 bits per heavy atom. The molecule has 1 heterocycles. The van der Waals surface area contributed by atoms with Gasteiger partial charge in [0.2, 0.25) is 0 Å². The number of furan rings is 1. The van der Waals surface area contributed by atoms with Crippen LogP contribution in [0.1, 0.15) is 37.9 Å². The monoisotopic (exact) mass is 303 g/mol. The van der Waals surface area contributed by atoms with Crippen molar-refractivity contribution in [2.45, 2.75) is 32.1 Å². The Labute approximate surface area is 130 Å². The van der Waals surface area contributed by atoms with E-state index in [1.165, 1.54) is 36.8 Å². The summed E-state index contributed by atoms with van der Waals surface area (Å²) >= 11 is 0. The van der Waals surface area contributed by atoms with Gasteiger partial charge in [-0.25, -0.2) is 4.79 Å². The van der Waals surface area contributed by atoms with Gasteiger partial charge in [-0.2, -0.15) is 0 Å². The average Bonchev–Trinajstić information content (AvgIpc) is 3.05. The average molecular weight is 303 g/mol. The van der Waals surface area contributed by atoms with Crippen molar-refractivity contribution >= 4 is 18.0 Å². The molecule has 0 saturated heterocycles. The molecule has 118 valence electrons. The number of hydrogen-bond acceptors (Lipinski definition) is 4. The molecule has 1 aromatic rings. The minimum absolute atomic E-state index is 0.264. The molecule has 1 aliphatic rings. The fourth-order valence-electron chi connectivity index (χ4n) is 2.27. The lowest BCUT2D eigenvalue weighted by atomic mass is 9.97. The summed E-state index contributed by atoms with van der Waals surface area (Å²) in [6, 6.07) is 3.44. The number of esters is 1. The maximum absolute atomic E-state index is 11.6. The summed E-state index contributed by atoms with van der Waals surface area (Å²) in [5.41, 5.74) is 1.41. The first kappa shape index (κ1) is 16.1. The van der Waals surface area contributed by atoms with Crippen molar-refractivity contribution in [3.05, 3.63) is 41.9 Å². The third-order valence-electron chi connectivity index (χ3n) is 3.43. The number of hydrogen-bond donors (Lipinski definition) is 1. The van der Waals surface area contributed by atoms with Crippen LogP contribution < -0.4 is 5.32 Å². The van der Waals surface area contributed by atoms with E-state index in [0.29, 0.717) is 12.3 Å². The topological polar surface area (TPSA) is 68.5 Å². The molecule has 0 spiro atoms. The van der Waals surface area contributed by atoms with Crippen molar-refractivity contribution in [3.63, 3.8) is 0 Å². The van der Waals surface area contributed by atoms with E-state index in [9.17, 15) is 9.59 Å². The second kappa shape index (κ2) is 8.87. The van der Waals surface area contributed by atoms with E-state index in [0.717, 1.165) is 19.3 Å². The second-order valence-corrected chi connectivity index (χ2v) is 5.16. The highest BCUT2D eigenvalue weighted by molar-refractivity contribution is 5.88. The maximum Gasteiger partial charge on any atom is 0.331 e. The highest BCUT2D eigenvalue weighted by Gasteiger charge is 2.07. The molecular weight excluding hydrogens is 282 g/mol. The smallest absolute Gasteiger partial charge is 0.331 e. The molecular formula is C17H21NO4. The van der Waals surface area contributed by atoms with Crippen molar-refractivity contribution in [1.29, 1.82) is 0 Å². The van der Waals surface area contributed by atoms with Gasteiger partial charge in [-0.15, -0.1) is 0 Å². The first-order valence-corrected chi connectivity index (χ1v) is 7.57. The second-order valence-electron chi connectivity index (χ2n) is 5.16. The normalized spacial score (nSPS) is 14.6. The number of amides is 1. The van der Waals surface area contributed by atoms with E-state index in [-0.39, 0.29) is 12.5 Å². The summed E-state index contributed by atoms with van der Waals surface area (Å²) < 4.78 is 9.89. The van der Waals surface area contributed by atoms with Gasteiger partial charge in [-0.1, -0.05) is 11.6 Å². The number of nitrogens with one attached hydrogen (secondary N) is 1. The first-order chi connectivity index (χ1) is 10.7. The molecule has 0 saturated carbocycles. The molecule has 0 radical (unpaired) electrons. The molecule has 5 heteroatoms. The molecule has 0 bridgehead atoms. The van der Waals surface area contributed by atoms with Crippen LogP contribution in [-0.4, -0.2) is 25.0 Å². The van der Waals surface area contributed by atoms with Gasteiger partial charge in [0, 0.05) is 12.6 Å². The van der Waals surface area contributed by atoms with Crippen molar-refractivity contribution < 1.29 is 18.7 Å². The van der Waals surface area contributed by atoms with Crippen molar-refractivity contribution in [2.75, 3.05) is 13.2 Å². The highest BCUT2D eigenvalue weighted by atomic mass is 16.5. The largest absolute Gasteiger partial charge is 0.465 e. The van der Waals surface area contributed by atoms with E-state index in [2.05, 4.69) is 11.4 Å². The van der Waals surface area contributed by atoms with Crippen LogP contribution in [-0.2, 0) is 14.3 Å². The van der Waals surface area contributed by atoms with Gasteiger partial charge in [0.25, 0.3) is 5.91 Å². The van der Waals surface area contributed by atoms with Crippen LogP contribution in [0.5, 0.6) is 0 Å². The molecule has 1 aliphatic carbocycles. The molecule has 0 atom stereocenters. The third kappa shape index (κ3) is 5.99. The van der Waals surface area contributed by atoms with Gasteiger partial charge in [0.05, 0.1) is 6.26 Å². The van der Waals surface area contributed by atoms with Crippen LogP contribution in [0, 0.1) is 0 Å². The van der Waals surface area contributed by atoms with Crippen LogP contribution in [0.3, 0.4) is 0 Å². The van der Waals surface area contributed by atoms with E-state index < -0.39 is 5.97 Å². The van der Waals surface area contributed by atoms with E-state index >= 15 is 0 Å². The summed E-state index contributed by atoms with van der Waals surface area (Å²) in [5, 5.41) is 2.76. The Balaban J connectivity index is 1.58. The lowest BCUT2D eigenvalue weighted by molar-refractivity contribution is -0.143. The fourth-order valence-corrected chi connectivity index (χ4v) is 2.27. The van der Waals surface area contributed by atoms with Crippen LogP contribution >= 0.6 is 0 Å². The zero-order valence-electron chi connectivity index (χ0n) is 12.5. The van der Waals surface area contributed by atoms with E-state index in [1.807, 2.05) is 0 Å². The zero-order chi connectivity index (χ0) is 15.6. The summed E-state index contributed by atoms with van der Waals surface area (Å²) in [7, 11) is 0. The summed E-state index contributed by atoms with van der Waals surface area (Å²) in [5.74, 6) is -0.292. The summed E-state index contributed by atoms with van der Waals surface area (Å²) in [6.07, 6.45) is 12.1. The fraction of sp³-hybridized carbons (Fsp3) is 0.412. The molecule has 0 unspecified atom stereocenters. The van der Waals surface area contributed by atoms with Crippen molar-refractivity contribution in [2.24, 2.45) is 0 Å². The Morgan fingerprint density at radius 1 is 1.36 bits per heavy atom. The molecule has 1 aromatic heterocycles. The number of allylic oxidation sites excluding steroid dienone is 1. The minimum Gasteiger partial charge on any atom is -0.465 e. The molecule has 0 fully saturated rings. The Morgan fingerprint density at radius 3 is 3.00 bits per heavy atom.